The van der Waals surface area contributed by atoms with E-state index in [4.69, 9.17) is 4.74 Å². The fraction of sp³-hybridized carbons (Fsp3) is 0.333. The summed E-state index contributed by atoms with van der Waals surface area (Å²) >= 11 is 0. The van der Waals surface area contributed by atoms with E-state index in [1.54, 1.807) is 11.8 Å². The summed E-state index contributed by atoms with van der Waals surface area (Å²) in [7, 11) is -4.13. The van der Waals surface area contributed by atoms with Crippen molar-refractivity contribution in [3.8, 4) is 0 Å². The molecular formula is C21H22F2N2O5S. The predicted octanol–water partition coefficient (Wildman–Crippen LogP) is 3.18. The van der Waals surface area contributed by atoms with Gasteiger partial charge in [-0.2, -0.15) is 0 Å². The number of ether oxygens (including phenoxy) is 1. The van der Waals surface area contributed by atoms with Crippen LogP contribution < -0.4 is 4.72 Å². The lowest BCUT2D eigenvalue weighted by molar-refractivity contribution is -0.149. The fourth-order valence-corrected chi connectivity index (χ4v) is 4.41. The summed E-state index contributed by atoms with van der Waals surface area (Å²) in [5.74, 6) is -3.37. The number of rotatable bonds is 6. The lowest BCUT2D eigenvalue weighted by Crippen LogP contribution is -2.42. The van der Waals surface area contributed by atoms with Crippen LogP contribution in [0.4, 0.5) is 14.5 Å². The highest BCUT2D eigenvalue weighted by Gasteiger charge is 2.29. The molecular weight excluding hydrogens is 430 g/mol. The lowest BCUT2D eigenvalue weighted by Gasteiger charge is -2.31. The molecule has 7 nitrogen and oxygen atoms in total. The normalized spacial score (nSPS) is 16.6. The van der Waals surface area contributed by atoms with Crippen LogP contribution in [0.1, 0.15) is 30.1 Å². The first kappa shape index (κ1) is 22.7. The smallest absolute Gasteiger partial charge is 0.310 e. The van der Waals surface area contributed by atoms with Gasteiger partial charge in [0.2, 0.25) is 0 Å². The molecule has 1 saturated heterocycles. The minimum absolute atomic E-state index is 0.157. The summed E-state index contributed by atoms with van der Waals surface area (Å²) in [5, 5.41) is 0. The third-order valence-electron chi connectivity index (χ3n) is 4.91. The number of hydrogen-bond acceptors (Lipinski definition) is 5. The molecule has 2 aromatic rings. The predicted molar refractivity (Wildman–Crippen MR) is 109 cm³/mol. The molecule has 1 aliphatic rings. The van der Waals surface area contributed by atoms with E-state index in [1.165, 1.54) is 24.3 Å². The monoisotopic (exact) mass is 452 g/mol. The van der Waals surface area contributed by atoms with Crippen LogP contribution in [0.5, 0.6) is 0 Å². The Balaban J connectivity index is 1.68. The summed E-state index contributed by atoms with van der Waals surface area (Å²) in [5.41, 5.74) is 0.490. The number of carbonyl (C=O) groups is 2. The maximum atomic E-state index is 13.3. The Morgan fingerprint density at radius 3 is 2.48 bits per heavy atom. The van der Waals surface area contributed by atoms with Crippen molar-refractivity contribution in [2.24, 2.45) is 5.92 Å². The Morgan fingerprint density at radius 1 is 1.13 bits per heavy atom. The zero-order valence-electron chi connectivity index (χ0n) is 16.8. The molecule has 0 radical (unpaired) electrons. The molecule has 1 atom stereocenters. The molecule has 1 fully saturated rings. The van der Waals surface area contributed by atoms with Crippen molar-refractivity contribution < 1.29 is 31.5 Å². The highest BCUT2D eigenvalue weighted by molar-refractivity contribution is 7.92. The SMILES string of the molecule is CCOC(=O)C1CCCN(C(=O)c2ccc(NS(=O)(=O)c3ccc(F)c(F)c3)cc2)C1. The minimum atomic E-state index is -4.13. The Labute approximate surface area is 179 Å². The van der Waals surface area contributed by atoms with E-state index in [0.717, 1.165) is 12.1 Å². The van der Waals surface area contributed by atoms with E-state index < -0.39 is 26.6 Å². The molecule has 1 amide bonds. The van der Waals surface area contributed by atoms with Gasteiger partial charge in [0.25, 0.3) is 15.9 Å². The molecule has 31 heavy (non-hydrogen) atoms. The van der Waals surface area contributed by atoms with E-state index >= 15 is 0 Å². The second-order valence-electron chi connectivity index (χ2n) is 7.10. The molecule has 1 unspecified atom stereocenters. The summed E-state index contributed by atoms with van der Waals surface area (Å²) in [6, 6.07) is 7.99. The number of benzene rings is 2. The Kier molecular flexibility index (Phi) is 6.89. The van der Waals surface area contributed by atoms with Crippen molar-refractivity contribution in [3.63, 3.8) is 0 Å². The molecule has 1 N–H and O–H groups in total. The zero-order chi connectivity index (χ0) is 22.6. The molecule has 1 aliphatic heterocycles. The van der Waals surface area contributed by atoms with Crippen molar-refractivity contribution in [1.29, 1.82) is 0 Å². The highest BCUT2D eigenvalue weighted by Crippen LogP contribution is 2.22. The summed E-state index contributed by atoms with van der Waals surface area (Å²) < 4.78 is 58.4. The van der Waals surface area contributed by atoms with Crippen molar-refractivity contribution in [2.75, 3.05) is 24.4 Å². The van der Waals surface area contributed by atoms with Crippen molar-refractivity contribution >= 4 is 27.6 Å². The number of halogens is 2. The number of nitrogens with one attached hydrogen (secondary N) is 1. The van der Waals surface area contributed by atoms with Crippen molar-refractivity contribution in [1.82, 2.24) is 4.90 Å². The van der Waals surface area contributed by atoms with E-state index in [9.17, 15) is 26.8 Å². The first-order chi connectivity index (χ1) is 14.7. The second kappa shape index (κ2) is 9.42. The van der Waals surface area contributed by atoms with Crippen molar-refractivity contribution in [2.45, 2.75) is 24.7 Å². The van der Waals surface area contributed by atoms with Gasteiger partial charge in [0.1, 0.15) is 0 Å². The molecule has 0 saturated carbocycles. The number of carbonyl (C=O) groups excluding carboxylic acids is 2. The third kappa shape index (κ3) is 5.38. The van der Waals surface area contributed by atoms with Gasteiger partial charge < -0.3 is 9.64 Å². The van der Waals surface area contributed by atoms with E-state index in [-0.39, 0.29) is 36.6 Å². The van der Waals surface area contributed by atoms with Crippen LogP contribution in [0, 0.1) is 17.6 Å². The Bertz CT molecular complexity index is 1070. The first-order valence-electron chi connectivity index (χ1n) is 9.75. The van der Waals surface area contributed by atoms with E-state index in [0.29, 0.717) is 31.0 Å². The summed E-state index contributed by atoms with van der Waals surface area (Å²) in [4.78, 5) is 25.9. The number of sulfonamides is 1. The van der Waals surface area contributed by atoms with Gasteiger partial charge in [-0.05, 0) is 62.2 Å². The maximum Gasteiger partial charge on any atom is 0.310 e. The number of piperidine rings is 1. The third-order valence-corrected chi connectivity index (χ3v) is 6.29. The van der Waals surface area contributed by atoms with Crippen LogP contribution in [0.2, 0.25) is 0 Å². The lowest BCUT2D eigenvalue weighted by atomic mass is 9.97. The fourth-order valence-electron chi connectivity index (χ4n) is 3.34. The van der Waals surface area contributed by atoms with Gasteiger partial charge >= 0.3 is 5.97 Å². The van der Waals surface area contributed by atoms with Gasteiger partial charge in [0, 0.05) is 24.3 Å². The largest absolute Gasteiger partial charge is 0.466 e. The van der Waals surface area contributed by atoms with Crippen LogP contribution in [-0.4, -0.2) is 44.9 Å². The van der Waals surface area contributed by atoms with Crippen LogP contribution in [0.25, 0.3) is 0 Å². The molecule has 166 valence electrons. The number of anilines is 1. The van der Waals surface area contributed by atoms with Gasteiger partial charge in [0.05, 0.1) is 17.4 Å². The molecule has 2 aromatic carbocycles. The standard InChI is InChI=1S/C21H22F2N2O5S/c1-2-30-21(27)15-4-3-11-25(13-15)20(26)14-5-7-16(8-6-14)24-31(28,29)17-9-10-18(22)19(23)12-17/h5-10,12,15,24H,2-4,11,13H2,1H3. The van der Waals surface area contributed by atoms with E-state index in [2.05, 4.69) is 4.72 Å². The quantitative estimate of drug-likeness (QED) is 0.680. The van der Waals surface area contributed by atoms with Crippen LogP contribution in [0.15, 0.2) is 47.4 Å². The number of amides is 1. The van der Waals surface area contributed by atoms with Crippen LogP contribution in [0.3, 0.4) is 0 Å². The molecule has 0 bridgehead atoms. The summed E-state index contributed by atoms with van der Waals surface area (Å²) in [6.07, 6.45) is 1.34. The van der Waals surface area contributed by atoms with Gasteiger partial charge in [-0.3, -0.25) is 14.3 Å². The van der Waals surface area contributed by atoms with Gasteiger partial charge in [-0.1, -0.05) is 0 Å². The average Bonchev–Trinajstić information content (AvgIpc) is 2.75. The molecule has 10 heteroatoms. The molecule has 3 rings (SSSR count). The number of esters is 1. The molecule has 0 aromatic heterocycles. The minimum Gasteiger partial charge on any atom is -0.466 e. The van der Waals surface area contributed by atoms with Crippen LogP contribution in [-0.2, 0) is 19.6 Å². The topological polar surface area (TPSA) is 92.8 Å². The molecule has 0 spiro atoms. The number of nitrogens with zero attached hydrogens (tertiary/aromatic N) is 1. The van der Waals surface area contributed by atoms with Gasteiger partial charge in [-0.25, -0.2) is 17.2 Å². The molecule has 1 heterocycles. The first-order valence-corrected chi connectivity index (χ1v) is 11.2. The second-order valence-corrected chi connectivity index (χ2v) is 8.78. The Hall–Kier alpha value is -3.01. The maximum absolute atomic E-state index is 13.3. The van der Waals surface area contributed by atoms with Gasteiger partial charge in [0.15, 0.2) is 11.6 Å². The van der Waals surface area contributed by atoms with Gasteiger partial charge in [-0.15, -0.1) is 0 Å². The number of hydrogen-bond donors (Lipinski definition) is 1. The van der Waals surface area contributed by atoms with E-state index in [1.807, 2.05) is 0 Å². The zero-order valence-corrected chi connectivity index (χ0v) is 17.6. The molecule has 0 aliphatic carbocycles. The highest BCUT2D eigenvalue weighted by atomic mass is 32.2. The summed E-state index contributed by atoms with van der Waals surface area (Å²) in [6.45, 7) is 2.79. The Morgan fingerprint density at radius 2 is 1.84 bits per heavy atom. The van der Waals surface area contributed by atoms with Crippen LogP contribution >= 0.6 is 0 Å². The van der Waals surface area contributed by atoms with Crippen molar-refractivity contribution in [3.05, 3.63) is 59.7 Å². The average molecular weight is 452 g/mol. The number of likely N-dealkylation sites (tertiary alicyclic amines) is 1.